The number of halogens is 1. The van der Waals surface area contributed by atoms with Crippen molar-refractivity contribution in [2.24, 2.45) is 4.99 Å². The third kappa shape index (κ3) is 7.11. The number of aliphatic hydroxyl groups is 1. The van der Waals surface area contributed by atoms with Crippen LogP contribution in [0.15, 0.2) is 46.8 Å². The van der Waals surface area contributed by atoms with Crippen LogP contribution in [0, 0.1) is 0 Å². The molecule has 0 aliphatic heterocycles. The highest BCUT2D eigenvalue weighted by atomic mass is 127. The van der Waals surface area contributed by atoms with Gasteiger partial charge in [0.2, 0.25) is 0 Å². The van der Waals surface area contributed by atoms with Gasteiger partial charge in [0.25, 0.3) is 5.91 Å². The molecular formula is C19H27IN4O2S. The fourth-order valence-electron chi connectivity index (χ4n) is 2.40. The lowest BCUT2D eigenvalue weighted by atomic mass is 10.1. The molecule has 1 aromatic carbocycles. The zero-order chi connectivity index (χ0) is 19.0. The number of thiophene rings is 1. The highest BCUT2D eigenvalue weighted by molar-refractivity contribution is 14.0. The van der Waals surface area contributed by atoms with Crippen molar-refractivity contribution >= 4 is 47.2 Å². The van der Waals surface area contributed by atoms with Crippen LogP contribution in [0.3, 0.4) is 0 Å². The number of carbonyl (C=O) groups is 1. The molecule has 2 aromatic rings. The standard InChI is InChI=1S/C19H26N4O2S.HI/c1-4-21-18(23-13-19(2,25)16-9-6-10-26-16)22-12-14-7-5-8-15(11-14)17(24)20-3;/h5-11,25H,4,12-13H2,1-3H3,(H,20,24)(H2,21,22,23);1H. The molecule has 4 N–H and O–H groups in total. The molecule has 0 aliphatic carbocycles. The molecule has 8 heteroatoms. The molecular weight excluding hydrogens is 475 g/mol. The lowest BCUT2D eigenvalue weighted by Crippen LogP contribution is -2.44. The van der Waals surface area contributed by atoms with Gasteiger partial charge in [0.05, 0.1) is 13.1 Å². The van der Waals surface area contributed by atoms with Crippen LogP contribution in [-0.2, 0) is 12.1 Å². The van der Waals surface area contributed by atoms with E-state index in [-0.39, 0.29) is 29.9 Å². The molecule has 2 rings (SSSR count). The van der Waals surface area contributed by atoms with Gasteiger partial charge in [-0.2, -0.15) is 0 Å². The monoisotopic (exact) mass is 502 g/mol. The molecule has 6 nitrogen and oxygen atoms in total. The molecule has 0 bridgehead atoms. The molecule has 0 spiro atoms. The average Bonchev–Trinajstić information content (AvgIpc) is 3.19. The van der Waals surface area contributed by atoms with E-state index < -0.39 is 5.60 Å². The Balaban J connectivity index is 0.00000364. The van der Waals surface area contributed by atoms with Gasteiger partial charge in [0.1, 0.15) is 5.60 Å². The third-order valence-electron chi connectivity index (χ3n) is 3.83. The van der Waals surface area contributed by atoms with Crippen LogP contribution >= 0.6 is 35.3 Å². The Morgan fingerprint density at radius 2 is 2.04 bits per heavy atom. The number of guanidine groups is 1. The molecule has 1 atom stereocenters. The van der Waals surface area contributed by atoms with Crippen LogP contribution in [0.2, 0.25) is 0 Å². The Morgan fingerprint density at radius 3 is 2.67 bits per heavy atom. The molecule has 0 aliphatic rings. The fraction of sp³-hybridized carbons (Fsp3) is 0.368. The number of rotatable bonds is 7. The van der Waals surface area contributed by atoms with Gasteiger partial charge in [0, 0.05) is 24.0 Å². The Kier molecular flexibility index (Phi) is 9.75. The van der Waals surface area contributed by atoms with Gasteiger partial charge in [-0.1, -0.05) is 18.2 Å². The van der Waals surface area contributed by atoms with E-state index in [0.29, 0.717) is 31.2 Å². The smallest absolute Gasteiger partial charge is 0.251 e. The molecule has 1 heterocycles. The number of carbonyl (C=O) groups excluding carboxylic acids is 1. The van der Waals surface area contributed by atoms with E-state index in [4.69, 9.17) is 0 Å². The maximum atomic E-state index is 11.7. The van der Waals surface area contributed by atoms with Crippen molar-refractivity contribution in [3.63, 3.8) is 0 Å². The molecule has 0 radical (unpaired) electrons. The first-order chi connectivity index (χ1) is 12.5. The van der Waals surface area contributed by atoms with Gasteiger partial charge >= 0.3 is 0 Å². The summed E-state index contributed by atoms with van der Waals surface area (Å²) in [7, 11) is 1.61. The Morgan fingerprint density at radius 1 is 1.26 bits per heavy atom. The second kappa shape index (κ2) is 11.3. The van der Waals surface area contributed by atoms with Crippen molar-refractivity contribution in [3.8, 4) is 0 Å². The zero-order valence-electron chi connectivity index (χ0n) is 15.8. The van der Waals surface area contributed by atoms with Crippen molar-refractivity contribution in [1.82, 2.24) is 16.0 Å². The predicted molar refractivity (Wildman–Crippen MR) is 122 cm³/mol. The lowest BCUT2D eigenvalue weighted by Gasteiger charge is -2.23. The quantitative estimate of drug-likeness (QED) is 0.267. The van der Waals surface area contributed by atoms with Crippen LogP contribution < -0.4 is 16.0 Å². The van der Waals surface area contributed by atoms with Crippen molar-refractivity contribution in [2.45, 2.75) is 26.0 Å². The van der Waals surface area contributed by atoms with E-state index >= 15 is 0 Å². The normalized spacial score (nSPS) is 13.3. The largest absolute Gasteiger partial charge is 0.383 e. The Bertz CT molecular complexity index is 748. The van der Waals surface area contributed by atoms with Crippen molar-refractivity contribution in [1.29, 1.82) is 0 Å². The zero-order valence-corrected chi connectivity index (χ0v) is 18.9. The molecule has 0 saturated carbocycles. The second-order valence-electron chi connectivity index (χ2n) is 6.08. The minimum Gasteiger partial charge on any atom is -0.383 e. The first-order valence-corrected chi connectivity index (χ1v) is 9.44. The van der Waals surface area contributed by atoms with E-state index in [2.05, 4.69) is 20.9 Å². The lowest BCUT2D eigenvalue weighted by molar-refractivity contribution is 0.0655. The number of benzene rings is 1. The van der Waals surface area contributed by atoms with Crippen LogP contribution in [0.1, 0.15) is 34.6 Å². The Labute approximate surface area is 181 Å². The summed E-state index contributed by atoms with van der Waals surface area (Å²) in [6.07, 6.45) is 0. The number of nitrogens with zero attached hydrogens (tertiary/aromatic N) is 1. The van der Waals surface area contributed by atoms with Crippen LogP contribution in [-0.4, -0.2) is 37.1 Å². The van der Waals surface area contributed by atoms with Crippen LogP contribution in [0.5, 0.6) is 0 Å². The Hall–Kier alpha value is -1.65. The number of nitrogens with one attached hydrogen (secondary N) is 3. The van der Waals surface area contributed by atoms with E-state index in [1.54, 1.807) is 20.0 Å². The van der Waals surface area contributed by atoms with Gasteiger partial charge in [-0.25, -0.2) is 4.99 Å². The summed E-state index contributed by atoms with van der Waals surface area (Å²) in [5.41, 5.74) is 0.579. The van der Waals surface area contributed by atoms with Gasteiger partial charge in [-0.05, 0) is 43.0 Å². The fourth-order valence-corrected chi connectivity index (χ4v) is 3.18. The summed E-state index contributed by atoms with van der Waals surface area (Å²) in [6.45, 7) is 5.26. The van der Waals surface area contributed by atoms with Crippen LogP contribution in [0.4, 0.5) is 0 Å². The first kappa shape index (κ1) is 23.4. The molecule has 0 fully saturated rings. The average molecular weight is 502 g/mol. The highest BCUT2D eigenvalue weighted by Crippen LogP contribution is 2.24. The van der Waals surface area contributed by atoms with Crippen molar-refractivity contribution in [2.75, 3.05) is 20.1 Å². The van der Waals surface area contributed by atoms with E-state index in [1.807, 2.05) is 42.6 Å². The topological polar surface area (TPSA) is 85.8 Å². The van der Waals surface area contributed by atoms with Gasteiger partial charge in [0.15, 0.2) is 5.96 Å². The summed E-state index contributed by atoms with van der Waals surface area (Å²) in [4.78, 5) is 17.2. The highest BCUT2D eigenvalue weighted by Gasteiger charge is 2.24. The van der Waals surface area contributed by atoms with Crippen molar-refractivity contribution in [3.05, 3.63) is 57.8 Å². The number of aliphatic imine (C=N–C) groups is 1. The molecule has 148 valence electrons. The number of amides is 1. The third-order valence-corrected chi connectivity index (χ3v) is 4.96. The second-order valence-corrected chi connectivity index (χ2v) is 7.03. The molecule has 0 saturated heterocycles. The summed E-state index contributed by atoms with van der Waals surface area (Å²) in [6, 6.07) is 11.2. The maximum Gasteiger partial charge on any atom is 0.251 e. The van der Waals surface area contributed by atoms with Gasteiger partial charge in [-0.3, -0.25) is 4.79 Å². The van der Waals surface area contributed by atoms with E-state index in [1.165, 1.54) is 11.3 Å². The predicted octanol–water partition coefficient (Wildman–Crippen LogP) is 2.69. The molecule has 1 unspecified atom stereocenters. The number of hydrogen-bond donors (Lipinski definition) is 4. The summed E-state index contributed by atoms with van der Waals surface area (Å²) in [5.74, 6) is 0.502. The number of hydrogen-bond acceptors (Lipinski definition) is 4. The van der Waals surface area contributed by atoms with Gasteiger partial charge < -0.3 is 21.1 Å². The summed E-state index contributed by atoms with van der Waals surface area (Å²) in [5, 5.41) is 21.5. The van der Waals surface area contributed by atoms with Gasteiger partial charge in [-0.15, -0.1) is 35.3 Å². The summed E-state index contributed by atoms with van der Waals surface area (Å²) >= 11 is 1.52. The summed E-state index contributed by atoms with van der Waals surface area (Å²) < 4.78 is 0. The first-order valence-electron chi connectivity index (χ1n) is 8.56. The van der Waals surface area contributed by atoms with E-state index in [0.717, 1.165) is 10.4 Å². The minimum atomic E-state index is -0.969. The SMILES string of the molecule is CCNC(=NCc1cccc(C(=O)NC)c1)NCC(C)(O)c1cccs1.I. The molecule has 27 heavy (non-hydrogen) atoms. The molecule has 1 aromatic heterocycles. The van der Waals surface area contributed by atoms with E-state index in [9.17, 15) is 9.90 Å². The molecule has 1 amide bonds. The van der Waals surface area contributed by atoms with Crippen molar-refractivity contribution < 1.29 is 9.90 Å². The van der Waals surface area contributed by atoms with Crippen LogP contribution in [0.25, 0.3) is 0 Å². The maximum absolute atomic E-state index is 11.7. The minimum absolute atomic E-state index is 0.